The van der Waals surface area contributed by atoms with Gasteiger partial charge in [0, 0.05) is 12.6 Å². The van der Waals surface area contributed by atoms with Crippen LogP contribution in [0.2, 0.25) is 0 Å². The van der Waals surface area contributed by atoms with Crippen LogP contribution < -0.4 is 14.4 Å². The number of hydrogen-bond donors (Lipinski definition) is 1. The van der Waals surface area contributed by atoms with E-state index in [-0.39, 0.29) is 6.10 Å². The Morgan fingerprint density at radius 3 is 3.06 bits per heavy atom. The smallest absolute Gasteiger partial charge is 0.142 e. The number of anilines is 1. The lowest BCUT2D eigenvalue weighted by Gasteiger charge is -2.32. The van der Waals surface area contributed by atoms with Crippen LogP contribution in [0.5, 0.6) is 11.5 Å². The number of nitrogens with zero attached hydrogens (tertiary/aromatic N) is 1. The Balaban J connectivity index is 2.22. The second-order valence-corrected chi connectivity index (χ2v) is 4.19. The average Bonchev–Trinajstić information content (AvgIpc) is 2.38. The molecule has 1 heterocycles. The Kier molecular flexibility index (Phi) is 3.74. The SMILES string of the molecule is CC[C@@H](O)CN1CCOc2ccc(OC)cc21. The normalized spacial score (nSPS) is 16.1. The predicted octanol–water partition coefficient (Wildman–Crippen LogP) is 1.66. The largest absolute Gasteiger partial charge is 0.497 e. The van der Waals surface area contributed by atoms with Gasteiger partial charge in [0.15, 0.2) is 0 Å². The fourth-order valence-electron chi connectivity index (χ4n) is 1.95. The quantitative estimate of drug-likeness (QED) is 0.865. The van der Waals surface area contributed by atoms with E-state index in [9.17, 15) is 5.11 Å². The number of aliphatic hydroxyl groups is 1. The minimum absolute atomic E-state index is 0.299. The van der Waals surface area contributed by atoms with Crippen LogP contribution in [0.15, 0.2) is 18.2 Å². The van der Waals surface area contributed by atoms with Crippen molar-refractivity contribution in [2.45, 2.75) is 19.4 Å². The molecule has 0 unspecified atom stereocenters. The van der Waals surface area contributed by atoms with E-state index >= 15 is 0 Å². The molecule has 1 aliphatic rings. The summed E-state index contributed by atoms with van der Waals surface area (Å²) in [7, 11) is 1.65. The fraction of sp³-hybridized carbons (Fsp3) is 0.538. The molecule has 0 saturated heterocycles. The zero-order valence-electron chi connectivity index (χ0n) is 10.3. The molecule has 94 valence electrons. The minimum Gasteiger partial charge on any atom is -0.497 e. The van der Waals surface area contributed by atoms with Crippen molar-refractivity contribution in [1.29, 1.82) is 0 Å². The molecule has 0 aliphatic carbocycles. The van der Waals surface area contributed by atoms with Gasteiger partial charge < -0.3 is 19.5 Å². The Morgan fingerprint density at radius 2 is 2.35 bits per heavy atom. The summed E-state index contributed by atoms with van der Waals surface area (Å²) in [6.45, 7) is 4.09. The lowest BCUT2D eigenvalue weighted by Crippen LogP contribution is -2.38. The van der Waals surface area contributed by atoms with Crippen LogP contribution >= 0.6 is 0 Å². The van der Waals surface area contributed by atoms with Crippen LogP contribution in [0.25, 0.3) is 0 Å². The number of fused-ring (bicyclic) bond motifs is 1. The summed E-state index contributed by atoms with van der Waals surface area (Å²) < 4.78 is 10.8. The molecule has 0 saturated carbocycles. The van der Waals surface area contributed by atoms with Crippen LogP contribution in [-0.2, 0) is 0 Å². The van der Waals surface area contributed by atoms with Crippen molar-refractivity contribution < 1.29 is 14.6 Å². The van der Waals surface area contributed by atoms with Gasteiger partial charge in [-0.05, 0) is 18.6 Å². The van der Waals surface area contributed by atoms with E-state index < -0.39 is 0 Å². The van der Waals surface area contributed by atoms with Gasteiger partial charge in [0.05, 0.1) is 25.4 Å². The monoisotopic (exact) mass is 237 g/mol. The van der Waals surface area contributed by atoms with Gasteiger partial charge in [-0.15, -0.1) is 0 Å². The third-order valence-electron chi connectivity index (χ3n) is 3.03. The van der Waals surface area contributed by atoms with Crippen molar-refractivity contribution in [3.05, 3.63) is 18.2 Å². The summed E-state index contributed by atoms with van der Waals surface area (Å²) in [6.07, 6.45) is 0.462. The molecule has 2 rings (SSSR count). The fourth-order valence-corrected chi connectivity index (χ4v) is 1.95. The first kappa shape index (κ1) is 12.0. The predicted molar refractivity (Wildman–Crippen MR) is 67.0 cm³/mol. The standard InChI is InChI=1S/C13H19NO3/c1-3-10(15)9-14-6-7-17-13-5-4-11(16-2)8-12(13)14/h4-5,8,10,15H,3,6-7,9H2,1-2H3/t10-/m1/s1. The molecule has 1 aromatic rings. The van der Waals surface area contributed by atoms with E-state index in [1.807, 2.05) is 25.1 Å². The Labute approximate surface area is 102 Å². The highest BCUT2D eigenvalue weighted by molar-refractivity contribution is 5.62. The van der Waals surface area contributed by atoms with E-state index in [2.05, 4.69) is 4.90 Å². The Bertz CT molecular complexity index is 381. The number of methoxy groups -OCH3 is 1. The van der Waals surface area contributed by atoms with Crippen LogP contribution in [0, 0.1) is 0 Å². The van der Waals surface area contributed by atoms with Gasteiger partial charge in [0.2, 0.25) is 0 Å². The van der Waals surface area contributed by atoms with Crippen LogP contribution in [0.1, 0.15) is 13.3 Å². The van der Waals surface area contributed by atoms with Crippen molar-refractivity contribution >= 4 is 5.69 Å². The van der Waals surface area contributed by atoms with Gasteiger partial charge >= 0.3 is 0 Å². The molecule has 0 fully saturated rings. The highest BCUT2D eigenvalue weighted by atomic mass is 16.5. The lowest BCUT2D eigenvalue weighted by atomic mass is 10.2. The lowest BCUT2D eigenvalue weighted by molar-refractivity contribution is 0.171. The molecule has 17 heavy (non-hydrogen) atoms. The van der Waals surface area contributed by atoms with E-state index in [1.54, 1.807) is 7.11 Å². The zero-order valence-corrected chi connectivity index (χ0v) is 10.3. The maximum Gasteiger partial charge on any atom is 0.142 e. The third-order valence-corrected chi connectivity index (χ3v) is 3.03. The number of hydrogen-bond acceptors (Lipinski definition) is 4. The number of benzene rings is 1. The maximum atomic E-state index is 9.75. The van der Waals surface area contributed by atoms with Gasteiger partial charge in [0.1, 0.15) is 18.1 Å². The van der Waals surface area contributed by atoms with Crippen molar-refractivity contribution in [3.63, 3.8) is 0 Å². The van der Waals surface area contributed by atoms with Gasteiger partial charge in [-0.2, -0.15) is 0 Å². The molecule has 0 amide bonds. The van der Waals surface area contributed by atoms with Crippen molar-refractivity contribution in [3.8, 4) is 11.5 Å². The highest BCUT2D eigenvalue weighted by Gasteiger charge is 2.20. The topological polar surface area (TPSA) is 41.9 Å². The molecular weight excluding hydrogens is 218 g/mol. The van der Waals surface area contributed by atoms with Crippen molar-refractivity contribution in [1.82, 2.24) is 0 Å². The first-order valence-corrected chi connectivity index (χ1v) is 5.98. The van der Waals surface area contributed by atoms with Gasteiger partial charge in [-0.3, -0.25) is 0 Å². The van der Waals surface area contributed by atoms with Gasteiger partial charge in [-0.1, -0.05) is 6.92 Å². The van der Waals surface area contributed by atoms with E-state index in [4.69, 9.17) is 9.47 Å². The second-order valence-electron chi connectivity index (χ2n) is 4.19. The molecule has 0 bridgehead atoms. The molecule has 1 N–H and O–H groups in total. The minimum atomic E-state index is -0.299. The summed E-state index contributed by atoms with van der Waals surface area (Å²) >= 11 is 0. The van der Waals surface area contributed by atoms with Crippen LogP contribution in [0.3, 0.4) is 0 Å². The number of β-amino-alcohol motifs (C(OH)–C–C–N with tert-alkyl or cyclic N) is 1. The highest BCUT2D eigenvalue weighted by Crippen LogP contribution is 2.34. The van der Waals surface area contributed by atoms with E-state index in [0.717, 1.165) is 30.2 Å². The van der Waals surface area contributed by atoms with E-state index in [1.165, 1.54) is 0 Å². The summed E-state index contributed by atoms with van der Waals surface area (Å²) in [5, 5.41) is 9.75. The Hall–Kier alpha value is -1.42. The molecule has 4 nitrogen and oxygen atoms in total. The molecular formula is C13H19NO3. The van der Waals surface area contributed by atoms with Crippen LogP contribution in [-0.4, -0.2) is 38.0 Å². The van der Waals surface area contributed by atoms with Gasteiger partial charge in [-0.25, -0.2) is 0 Å². The van der Waals surface area contributed by atoms with E-state index in [0.29, 0.717) is 13.2 Å². The van der Waals surface area contributed by atoms with Gasteiger partial charge in [0.25, 0.3) is 0 Å². The van der Waals surface area contributed by atoms with Crippen LogP contribution in [0.4, 0.5) is 5.69 Å². The molecule has 0 aromatic heterocycles. The third kappa shape index (κ3) is 2.64. The number of aliphatic hydroxyl groups excluding tert-OH is 1. The maximum absolute atomic E-state index is 9.75. The second kappa shape index (κ2) is 5.27. The summed E-state index contributed by atoms with van der Waals surface area (Å²) in [5.41, 5.74) is 1.00. The average molecular weight is 237 g/mol. The first-order chi connectivity index (χ1) is 8.24. The molecule has 0 spiro atoms. The zero-order chi connectivity index (χ0) is 12.3. The van der Waals surface area contributed by atoms with Crippen molar-refractivity contribution in [2.24, 2.45) is 0 Å². The number of rotatable bonds is 4. The molecule has 0 radical (unpaired) electrons. The summed E-state index contributed by atoms with van der Waals surface area (Å²) in [4.78, 5) is 2.15. The Morgan fingerprint density at radius 1 is 1.53 bits per heavy atom. The molecule has 1 aliphatic heterocycles. The molecule has 1 atom stereocenters. The van der Waals surface area contributed by atoms with Crippen molar-refractivity contribution in [2.75, 3.05) is 31.7 Å². The molecule has 4 heteroatoms. The first-order valence-electron chi connectivity index (χ1n) is 5.98. The summed E-state index contributed by atoms with van der Waals surface area (Å²) in [6, 6.07) is 5.76. The number of ether oxygens (including phenoxy) is 2. The molecule has 1 aromatic carbocycles. The summed E-state index contributed by atoms with van der Waals surface area (Å²) in [5.74, 6) is 1.67.